The van der Waals surface area contributed by atoms with Crippen LogP contribution in [0.2, 0.25) is 0 Å². The van der Waals surface area contributed by atoms with Crippen LogP contribution in [0.25, 0.3) is 0 Å². The van der Waals surface area contributed by atoms with Crippen LogP contribution < -0.4 is 5.32 Å². The third-order valence-electron chi connectivity index (χ3n) is 4.35. The summed E-state index contributed by atoms with van der Waals surface area (Å²) in [5.74, 6) is -0.759. The van der Waals surface area contributed by atoms with Crippen molar-refractivity contribution in [1.29, 1.82) is 0 Å². The molecule has 0 amide bonds. The molecule has 134 valence electrons. The number of aliphatic carboxylic acids is 1. The first-order valence-electron chi connectivity index (χ1n) is 9.64. The van der Waals surface area contributed by atoms with Crippen molar-refractivity contribution in [3.8, 4) is 0 Å². The van der Waals surface area contributed by atoms with E-state index in [-0.39, 0.29) is 29.6 Å². The Kier molecular flexibility index (Phi) is 22.8. The molecule has 4 heteroatoms. The quantitative estimate of drug-likeness (QED) is 0.294. The molecule has 0 aliphatic rings. The maximum atomic E-state index is 10.6. The molecule has 0 fully saturated rings. The van der Waals surface area contributed by atoms with E-state index in [0.717, 1.165) is 13.0 Å². The van der Waals surface area contributed by atoms with Crippen molar-refractivity contribution in [3.63, 3.8) is 0 Å². The van der Waals surface area contributed by atoms with Crippen molar-refractivity contribution in [2.75, 3.05) is 6.54 Å². The van der Waals surface area contributed by atoms with Gasteiger partial charge >= 0.3 is 35.5 Å². The predicted octanol–water partition coefficient (Wildman–Crippen LogP) is 4.88. The number of carboxylic acid groups (broad SMARTS) is 1. The summed E-state index contributed by atoms with van der Waals surface area (Å²) in [6.07, 6.45) is 19.0. The monoisotopic (exact) mass is 337 g/mol. The van der Waals surface area contributed by atoms with E-state index in [0.29, 0.717) is 0 Å². The van der Waals surface area contributed by atoms with Crippen LogP contribution in [0.4, 0.5) is 0 Å². The van der Waals surface area contributed by atoms with Gasteiger partial charge in [-0.2, -0.15) is 0 Å². The molecule has 1 atom stereocenters. The Morgan fingerprint density at radius 1 is 0.783 bits per heavy atom. The van der Waals surface area contributed by atoms with Crippen LogP contribution in [0.3, 0.4) is 0 Å². The zero-order chi connectivity index (χ0) is 16.5. The number of hydrogen-bond donors (Lipinski definition) is 2. The van der Waals surface area contributed by atoms with Gasteiger partial charge in [0.15, 0.2) is 0 Å². The van der Waals surface area contributed by atoms with Gasteiger partial charge in [-0.1, -0.05) is 90.4 Å². The molecule has 2 N–H and O–H groups in total. The second-order valence-corrected chi connectivity index (χ2v) is 6.61. The minimum absolute atomic E-state index is 0. The molecule has 0 heterocycles. The van der Waals surface area contributed by atoms with E-state index < -0.39 is 12.0 Å². The van der Waals surface area contributed by atoms with Crippen LogP contribution in [0.1, 0.15) is 104 Å². The average Bonchev–Trinajstić information content (AvgIpc) is 2.50. The van der Waals surface area contributed by atoms with Gasteiger partial charge in [0.1, 0.15) is 6.04 Å². The Morgan fingerprint density at radius 2 is 1.13 bits per heavy atom. The molecule has 23 heavy (non-hydrogen) atoms. The molecular weight excluding hydrogens is 297 g/mol. The molecule has 3 nitrogen and oxygen atoms in total. The summed E-state index contributed by atoms with van der Waals surface area (Å²) in [7, 11) is 0. The zero-order valence-electron chi connectivity index (χ0n) is 15.0. The van der Waals surface area contributed by atoms with E-state index in [2.05, 4.69) is 12.2 Å². The number of rotatable bonds is 17. The van der Waals surface area contributed by atoms with E-state index in [4.69, 9.17) is 5.11 Å². The van der Waals surface area contributed by atoms with Gasteiger partial charge in [0.05, 0.1) is 0 Å². The van der Waals surface area contributed by atoms with Crippen LogP contribution in [-0.2, 0) is 4.79 Å². The van der Waals surface area contributed by atoms with E-state index in [9.17, 15) is 4.79 Å². The number of carbonyl (C=O) groups is 1. The van der Waals surface area contributed by atoms with Gasteiger partial charge in [0, 0.05) is 0 Å². The molecule has 0 aliphatic carbocycles. The molecule has 0 spiro atoms. The van der Waals surface area contributed by atoms with Crippen molar-refractivity contribution in [3.05, 3.63) is 0 Å². The first kappa shape index (κ1) is 25.7. The predicted molar refractivity (Wildman–Crippen MR) is 103 cm³/mol. The van der Waals surface area contributed by atoms with Gasteiger partial charge in [-0.25, -0.2) is 0 Å². The van der Waals surface area contributed by atoms with Crippen molar-refractivity contribution < 1.29 is 9.90 Å². The van der Waals surface area contributed by atoms with Gasteiger partial charge in [0.2, 0.25) is 0 Å². The van der Waals surface area contributed by atoms with Gasteiger partial charge in [-0.3, -0.25) is 4.79 Å². The Labute approximate surface area is 166 Å². The molecular formula is C19H40NNaO2. The van der Waals surface area contributed by atoms with Crippen LogP contribution in [0, 0.1) is 0 Å². The fraction of sp³-hybridized carbons (Fsp3) is 0.947. The molecule has 0 aromatic carbocycles. The van der Waals surface area contributed by atoms with Crippen LogP contribution >= 0.6 is 0 Å². The standard InChI is InChI=1S/C19H39NO2.Na.H/c1-3-4-5-6-7-8-9-10-11-12-13-14-15-16-17-20-18(2)19(21)22;;/h18,20H,3-17H2,1-2H3,(H,21,22);;. The van der Waals surface area contributed by atoms with Crippen molar-refractivity contribution in [1.82, 2.24) is 5.32 Å². The van der Waals surface area contributed by atoms with Gasteiger partial charge < -0.3 is 10.4 Å². The number of unbranched alkanes of at least 4 members (excludes halogenated alkanes) is 13. The topological polar surface area (TPSA) is 49.3 Å². The number of carboxylic acids is 1. The molecule has 0 aromatic rings. The Hall–Kier alpha value is 0.430. The Balaban J connectivity index is 0. The first-order chi connectivity index (χ1) is 10.7. The van der Waals surface area contributed by atoms with Crippen molar-refractivity contribution in [2.24, 2.45) is 0 Å². The van der Waals surface area contributed by atoms with E-state index >= 15 is 0 Å². The second-order valence-electron chi connectivity index (χ2n) is 6.61. The summed E-state index contributed by atoms with van der Waals surface area (Å²) in [5, 5.41) is 11.8. The first-order valence-corrected chi connectivity index (χ1v) is 9.64. The Morgan fingerprint density at radius 3 is 1.48 bits per heavy atom. The third kappa shape index (κ3) is 20.4. The molecule has 0 saturated carbocycles. The normalized spacial score (nSPS) is 11.9. The molecule has 0 radical (unpaired) electrons. The fourth-order valence-corrected chi connectivity index (χ4v) is 2.73. The second kappa shape index (κ2) is 20.5. The Bertz CT molecular complexity index is 250. The summed E-state index contributed by atoms with van der Waals surface area (Å²) in [6, 6.07) is -0.415. The molecule has 0 saturated heterocycles. The number of nitrogens with one attached hydrogen (secondary N) is 1. The summed E-state index contributed by atoms with van der Waals surface area (Å²) in [5.41, 5.74) is 0. The summed E-state index contributed by atoms with van der Waals surface area (Å²) in [6.45, 7) is 4.80. The minimum atomic E-state index is -0.759. The summed E-state index contributed by atoms with van der Waals surface area (Å²) in [4.78, 5) is 10.6. The average molecular weight is 338 g/mol. The van der Waals surface area contributed by atoms with E-state index in [1.807, 2.05) is 0 Å². The third-order valence-corrected chi connectivity index (χ3v) is 4.35. The molecule has 0 rings (SSSR count). The van der Waals surface area contributed by atoms with Crippen LogP contribution in [0.15, 0.2) is 0 Å². The van der Waals surface area contributed by atoms with Crippen LogP contribution in [0.5, 0.6) is 0 Å². The molecule has 1 unspecified atom stereocenters. The SMILES string of the molecule is CCCCCCCCCCCCCCCCNC(C)C(=O)O.[NaH]. The zero-order valence-corrected chi connectivity index (χ0v) is 15.0. The van der Waals surface area contributed by atoms with Gasteiger partial charge in [-0.05, 0) is 19.9 Å². The van der Waals surface area contributed by atoms with Gasteiger partial charge in [0.25, 0.3) is 0 Å². The fourth-order valence-electron chi connectivity index (χ4n) is 2.73. The van der Waals surface area contributed by atoms with Crippen molar-refractivity contribution >= 4 is 35.5 Å². The summed E-state index contributed by atoms with van der Waals surface area (Å²) >= 11 is 0. The van der Waals surface area contributed by atoms with Crippen LogP contribution in [-0.4, -0.2) is 53.2 Å². The molecule has 0 aliphatic heterocycles. The summed E-state index contributed by atoms with van der Waals surface area (Å²) < 4.78 is 0. The van der Waals surface area contributed by atoms with E-state index in [1.165, 1.54) is 83.5 Å². The van der Waals surface area contributed by atoms with Crippen molar-refractivity contribution in [2.45, 2.75) is 110 Å². The maximum absolute atomic E-state index is 10.6. The number of hydrogen-bond acceptors (Lipinski definition) is 2. The molecule has 0 bridgehead atoms. The van der Waals surface area contributed by atoms with E-state index in [1.54, 1.807) is 6.92 Å². The van der Waals surface area contributed by atoms with Gasteiger partial charge in [-0.15, -0.1) is 0 Å². The molecule has 0 aromatic heterocycles.